The smallest absolute Gasteiger partial charge is 0.185 e. The predicted octanol–water partition coefficient (Wildman–Crippen LogP) is 3.86. The number of halogens is 2. The Balaban J connectivity index is 1.92. The van der Waals surface area contributed by atoms with Crippen molar-refractivity contribution in [2.75, 3.05) is 6.54 Å². The highest BCUT2D eigenvalue weighted by Crippen LogP contribution is 2.58. The lowest BCUT2D eigenvalue weighted by atomic mass is 9.59. The van der Waals surface area contributed by atoms with Crippen molar-refractivity contribution in [2.24, 2.45) is 22.4 Å². The van der Waals surface area contributed by atoms with Crippen LogP contribution in [-0.2, 0) is 0 Å². The third-order valence-corrected chi connectivity index (χ3v) is 5.72. The van der Waals surface area contributed by atoms with Crippen molar-refractivity contribution in [3.63, 3.8) is 0 Å². The quantitative estimate of drug-likeness (QED) is 0.641. The molecule has 5 heteroatoms. The fourth-order valence-corrected chi connectivity index (χ4v) is 4.85. The first-order valence-corrected chi connectivity index (χ1v) is 8.45. The molecule has 0 heterocycles. The summed E-state index contributed by atoms with van der Waals surface area (Å²) < 4.78 is 0. The third-order valence-electron chi connectivity index (χ3n) is 5.06. The maximum Gasteiger partial charge on any atom is 0.185 e. The number of guanidine groups is 1. The van der Waals surface area contributed by atoms with E-state index >= 15 is 0 Å². The minimum absolute atomic E-state index is 0.130. The van der Waals surface area contributed by atoms with Gasteiger partial charge in [0.15, 0.2) is 5.96 Å². The van der Waals surface area contributed by atoms with Crippen molar-refractivity contribution >= 4 is 29.2 Å². The Hall–Kier alpha value is -1.71. The average Bonchev–Trinajstić information content (AvgIpc) is 2.53. The van der Waals surface area contributed by atoms with Crippen molar-refractivity contribution in [1.29, 1.82) is 0 Å². The van der Waals surface area contributed by atoms with Crippen molar-refractivity contribution in [2.45, 2.75) is 18.3 Å². The Morgan fingerprint density at radius 1 is 1.00 bits per heavy atom. The number of aliphatic imine (C=N–C) groups is 1. The van der Waals surface area contributed by atoms with Crippen LogP contribution in [0.15, 0.2) is 41.4 Å². The molecule has 0 saturated carbocycles. The van der Waals surface area contributed by atoms with Gasteiger partial charge in [0.1, 0.15) is 0 Å². The van der Waals surface area contributed by atoms with Gasteiger partial charge < -0.3 is 11.5 Å². The molecule has 1 atom stereocenters. The Labute approximate surface area is 145 Å². The lowest BCUT2D eigenvalue weighted by Crippen LogP contribution is -2.35. The molecule has 2 bridgehead atoms. The zero-order valence-corrected chi connectivity index (χ0v) is 14.0. The van der Waals surface area contributed by atoms with Crippen LogP contribution in [0, 0.1) is 5.92 Å². The van der Waals surface area contributed by atoms with E-state index in [0.717, 1.165) is 16.5 Å². The molecule has 0 aliphatic heterocycles. The minimum atomic E-state index is 0.130. The highest BCUT2D eigenvalue weighted by molar-refractivity contribution is 6.32. The topological polar surface area (TPSA) is 64.4 Å². The first-order valence-electron chi connectivity index (χ1n) is 7.70. The van der Waals surface area contributed by atoms with Gasteiger partial charge in [-0.05, 0) is 46.7 Å². The van der Waals surface area contributed by atoms with Gasteiger partial charge in [0.25, 0.3) is 0 Å². The summed E-state index contributed by atoms with van der Waals surface area (Å²) in [6.45, 7) is 0.596. The van der Waals surface area contributed by atoms with Crippen LogP contribution in [0.3, 0.4) is 0 Å². The zero-order chi connectivity index (χ0) is 16.1. The molecule has 1 unspecified atom stereocenters. The van der Waals surface area contributed by atoms with E-state index in [1.165, 1.54) is 22.3 Å². The van der Waals surface area contributed by atoms with Crippen LogP contribution >= 0.6 is 23.2 Å². The van der Waals surface area contributed by atoms with Crippen LogP contribution in [-0.4, -0.2) is 12.5 Å². The largest absolute Gasteiger partial charge is 0.370 e. The number of nitrogens with zero attached hydrogens (tertiary/aromatic N) is 1. The molecule has 3 aliphatic carbocycles. The predicted molar refractivity (Wildman–Crippen MR) is 95.4 cm³/mol. The lowest BCUT2D eigenvalue weighted by Gasteiger charge is -2.46. The molecule has 4 N–H and O–H groups in total. The number of benzene rings is 2. The lowest BCUT2D eigenvalue weighted by molar-refractivity contribution is 0.365. The second-order valence-corrected chi connectivity index (χ2v) is 7.09. The van der Waals surface area contributed by atoms with Gasteiger partial charge in [-0.1, -0.05) is 47.5 Å². The van der Waals surface area contributed by atoms with Crippen LogP contribution in [0.2, 0.25) is 10.0 Å². The molecular weight excluding hydrogens is 329 g/mol. The van der Waals surface area contributed by atoms with E-state index in [9.17, 15) is 0 Å². The summed E-state index contributed by atoms with van der Waals surface area (Å²) in [7, 11) is 0. The number of hydrogen-bond donors (Lipinski definition) is 2. The minimum Gasteiger partial charge on any atom is -0.370 e. The number of hydrogen-bond acceptors (Lipinski definition) is 1. The Morgan fingerprint density at radius 2 is 1.57 bits per heavy atom. The standard InChI is InChI=1S/C18H17Cl2N3/c19-13-5-1-3-10-12-7-9(8-23-18(21)22)15(16(10)13)17-11(12)4-2-6-14(17)20/h1-6,9,12,15H,7-8H2,(H4,21,22,23). The molecule has 0 spiro atoms. The Kier molecular flexibility index (Phi) is 3.51. The van der Waals surface area contributed by atoms with Crippen LogP contribution in [0.1, 0.15) is 40.5 Å². The van der Waals surface area contributed by atoms with Crippen molar-refractivity contribution in [3.8, 4) is 0 Å². The number of fused-ring (bicyclic) bond motifs is 1. The summed E-state index contributed by atoms with van der Waals surface area (Å²) in [6.07, 6.45) is 1.02. The number of nitrogens with two attached hydrogens (primary N) is 2. The van der Waals surface area contributed by atoms with Crippen molar-refractivity contribution in [3.05, 3.63) is 68.7 Å². The van der Waals surface area contributed by atoms with Gasteiger partial charge in [0.05, 0.1) is 0 Å². The molecule has 0 fully saturated rings. The molecule has 0 saturated heterocycles. The zero-order valence-electron chi connectivity index (χ0n) is 12.5. The molecule has 0 aromatic heterocycles. The number of rotatable bonds is 2. The monoisotopic (exact) mass is 345 g/mol. The molecule has 0 amide bonds. The summed E-state index contributed by atoms with van der Waals surface area (Å²) in [6, 6.07) is 12.3. The first-order chi connectivity index (χ1) is 11.1. The second-order valence-electron chi connectivity index (χ2n) is 6.28. The van der Waals surface area contributed by atoms with E-state index in [1.807, 2.05) is 24.3 Å². The van der Waals surface area contributed by atoms with E-state index in [4.69, 9.17) is 34.7 Å². The van der Waals surface area contributed by atoms with Gasteiger partial charge in [-0.15, -0.1) is 0 Å². The van der Waals surface area contributed by atoms with Crippen LogP contribution < -0.4 is 11.5 Å². The van der Waals surface area contributed by atoms with E-state index < -0.39 is 0 Å². The maximum atomic E-state index is 6.55. The van der Waals surface area contributed by atoms with Crippen molar-refractivity contribution < 1.29 is 0 Å². The van der Waals surface area contributed by atoms with Crippen molar-refractivity contribution in [1.82, 2.24) is 0 Å². The SMILES string of the molecule is NC(N)=NCC1CC2c3cccc(Cl)c3C1c1c(Cl)cccc12. The first kappa shape index (κ1) is 14.9. The second kappa shape index (κ2) is 5.43. The van der Waals surface area contributed by atoms with Gasteiger partial charge in [0, 0.05) is 28.4 Å². The highest BCUT2D eigenvalue weighted by Gasteiger charge is 2.45. The molecule has 5 rings (SSSR count). The summed E-state index contributed by atoms with van der Waals surface area (Å²) in [5.41, 5.74) is 16.1. The van der Waals surface area contributed by atoms with E-state index in [2.05, 4.69) is 17.1 Å². The van der Waals surface area contributed by atoms with E-state index in [0.29, 0.717) is 18.4 Å². The van der Waals surface area contributed by atoms with Crippen LogP contribution in [0.5, 0.6) is 0 Å². The summed E-state index contributed by atoms with van der Waals surface area (Å²) >= 11 is 13.1. The molecule has 0 radical (unpaired) electrons. The normalized spacial score (nSPS) is 24.0. The average molecular weight is 346 g/mol. The third kappa shape index (κ3) is 2.22. The summed E-state index contributed by atoms with van der Waals surface area (Å²) in [5.74, 6) is 0.893. The van der Waals surface area contributed by atoms with Gasteiger partial charge in [-0.3, -0.25) is 4.99 Å². The maximum absolute atomic E-state index is 6.55. The Bertz CT molecular complexity index is 758. The van der Waals surface area contributed by atoms with Crippen LogP contribution in [0.25, 0.3) is 0 Å². The summed E-state index contributed by atoms with van der Waals surface area (Å²) in [4.78, 5) is 4.26. The Morgan fingerprint density at radius 3 is 2.09 bits per heavy atom. The highest BCUT2D eigenvalue weighted by atomic mass is 35.5. The van der Waals surface area contributed by atoms with Gasteiger partial charge in [0.2, 0.25) is 0 Å². The van der Waals surface area contributed by atoms with Gasteiger partial charge in [-0.2, -0.15) is 0 Å². The van der Waals surface area contributed by atoms with E-state index in [-0.39, 0.29) is 11.9 Å². The molecule has 3 nitrogen and oxygen atoms in total. The van der Waals surface area contributed by atoms with Gasteiger partial charge >= 0.3 is 0 Å². The van der Waals surface area contributed by atoms with Crippen LogP contribution in [0.4, 0.5) is 0 Å². The summed E-state index contributed by atoms with van der Waals surface area (Å²) in [5, 5.41) is 1.61. The van der Waals surface area contributed by atoms with Gasteiger partial charge in [-0.25, -0.2) is 0 Å². The molecule has 2 aromatic rings. The van der Waals surface area contributed by atoms with E-state index in [1.54, 1.807) is 0 Å². The molecular formula is C18H17Cl2N3. The fraction of sp³-hybridized carbons (Fsp3) is 0.278. The molecule has 3 aliphatic rings. The molecule has 23 heavy (non-hydrogen) atoms. The molecule has 2 aromatic carbocycles. The molecule has 118 valence electrons. The fourth-order valence-electron chi connectivity index (χ4n) is 4.25.